The SMILES string of the molecule is CCCCCCCCCCCCCCCCCCC(CC(=O)O)C(=O)Oc1ccccc1. The number of esters is 1. The van der Waals surface area contributed by atoms with Gasteiger partial charge in [-0.05, 0) is 18.6 Å². The average molecular weight is 447 g/mol. The minimum atomic E-state index is -0.948. The molecule has 4 nitrogen and oxygen atoms in total. The Hall–Kier alpha value is -1.84. The van der Waals surface area contributed by atoms with Crippen LogP contribution in [0.15, 0.2) is 30.3 Å². The van der Waals surface area contributed by atoms with Gasteiger partial charge in [-0.3, -0.25) is 9.59 Å². The Balaban J connectivity index is 2.00. The van der Waals surface area contributed by atoms with E-state index in [-0.39, 0.29) is 6.42 Å². The molecule has 0 radical (unpaired) electrons. The van der Waals surface area contributed by atoms with Crippen molar-refractivity contribution in [2.45, 2.75) is 122 Å². The number of carboxylic acids is 1. The number of carboxylic acid groups (broad SMARTS) is 1. The van der Waals surface area contributed by atoms with Crippen molar-refractivity contribution in [3.8, 4) is 5.75 Å². The molecule has 0 aliphatic rings. The van der Waals surface area contributed by atoms with Crippen molar-refractivity contribution in [3.63, 3.8) is 0 Å². The number of carbonyl (C=O) groups is 2. The second-order valence-corrected chi connectivity index (χ2v) is 9.12. The highest BCUT2D eigenvalue weighted by atomic mass is 16.5. The van der Waals surface area contributed by atoms with E-state index in [9.17, 15) is 9.59 Å². The number of hydrogen-bond acceptors (Lipinski definition) is 3. The molecule has 1 aromatic rings. The third-order valence-electron chi connectivity index (χ3n) is 6.12. The van der Waals surface area contributed by atoms with Crippen LogP contribution in [-0.4, -0.2) is 17.0 Å². The second-order valence-electron chi connectivity index (χ2n) is 9.12. The number of ether oxygens (including phenoxy) is 1. The molecule has 1 aromatic carbocycles. The Kier molecular flexibility index (Phi) is 17.5. The fourth-order valence-electron chi connectivity index (χ4n) is 4.14. The van der Waals surface area contributed by atoms with E-state index in [2.05, 4.69) is 6.92 Å². The highest BCUT2D eigenvalue weighted by Crippen LogP contribution is 2.20. The van der Waals surface area contributed by atoms with Gasteiger partial charge in [-0.25, -0.2) is 0 Å². The zero-order chi connectivity index (χ0) is 23.3. The normalized spacial score (nSPS) is 11.9. The zero-order valence-electron chi connectivity index (χ0n) is 20.4. The highest BCUT2D eigenvalue weighted by molar-refractivity contribution is 5.80. The molecule has 1 atom stereocenters. The van der Waals surface area contributed by atoms with Gasteiger partial charge in [0.05, 0.1) is 12.3 Å². The summed E-state index contributed by atoms with van der Waals surface area (Å²) in [5.41, 5.74) is 0. The lowest BCUT2D eigenvalue weighted by Crippen LogP contribution is -2.23. The quantitative estimate of drug-likeness (QED) is 0.117. The molecule has 0 amide bonds. The van der Waals surface area contributed by atoms with Crippen molar-refractivity contribution in [1.82, 2.24) is 0 Å². The lowest BCUT2D eigenvalue weighted by atomic mass is 9.97. The van der Waals surface area contributed by atoms with E-state index in [0.717, 1.165) is 19.3 Å². The molecule has 0 spiro atoms. The van der Waals surface area contributed by atoms with E-state index < -0.39 is 17.9 Å². The number of benzene rings is 1. The molecule has 1 unspecified atom stereocenters. The van der Waals surface area contributed by atoms with E-state index in [4.69, 9.17) is 9.84 Å². The molecular weight excluding hydrogens is 400 g/mol. The van der Waals surface area contributed by atoms with Crippen molar-refractivity contribution in [3.05, 3.63) is 30.3 Å². The Bertz CT molecular complexity index is 584. The highest BCUT2D eigenvalue weighted by Gasteiger charge is 2.23. The van der Waals surface area contributed by atoms with E-state index >= 15 is 0 Å². The van der Waals surface area contributed by atoms with Gasteiger partial charge in [0, 0.05) is 0 Å². The van der Waals surface area contributed by atoms with Gasteiger partial charge in [0.1, 0.15) is 5.75 Å². The molecule has 0 saturated carbocycles. The van der Waals surface area contributed by atoms with Crippen LogP contribution in [0.3, 0.4) is 0 Å². The van der Waals surface area contributed by atoms with Gasteiger partial charge < -0.3 is 9.84 Å². The first-order chi connectivity index (χ1) is 15.6. The smallest absolute Gasteiger partial charge is 0.314 e. The van der Waals surface area contributed by atoms with Gasteiger partial charge in [0.25, 0.3) is 0 Å². The summed E-state index contributed by atoms with van der Waals surface area (Å²) in [6.07, 6.45) is 21.2. The predicted octanol–water partition coefficient (Wildman–Crippen LogP) is 8.33. The average Bonchev–Trinajstić information content (AvgIpc) is 2.78. The summed E-state index contributed by atoms with van der Waals surface area (Å²) >= 11 is 0. The maximum absolute atomic E-state index is 12.4. The number of rotatable bonds is 21. The second kappa shape index (κ2) is 19.8. The Morgan fingerprint density at radius 1 is 0.719 bits per heavy atom. The van der Waals surface area contributed by atoms with Crippen LogP contribution in [0.5, 0.6) is 5.75 Å². The maximum atomic E-state index is 12.4. The van der Waals surface area contributed by atoms with Crippen LogP contribution in [0.2, 0.25) is 0 Å². The maximum Gasteiger partial charge on any atom is 0.314 e. The lowest BCUT2D eigenvalue weighted by Gasteiger charge is -2.14. The van der Waals surface area contributed by atoms with Crippen LogP contribution in [0.1, 0.15) is 122 Å². The largest absolute Gasteiger partial charge is 0.481 e. The summed E-state index contributed by atoms with van der Waals surface area (Å²) in [6, 6.07) is 8.87. The monoisotopic (exact) mass is 446 g/mol. The van der Waals surface area contributed by atoms with E-state index in [1.54, 1.807) is 24.3 Å². The Labute approximate surface area is 196 Å². The molecular formula is C28H46O4. The molecule has 0 aliphatic heterocycles. The molecule has 0 aliphatic carbocycles. The minimum absolute atomic E-state index is 0.162. The summed E-state index contributed by atoms with van der Waals surface area (Å²) in [6.45, 7) is 2.27. The molecule has 0 saturated heterocycles. The number of hydrogen-bond donors (Lipinski definition) is 1. The van der Waals surface area contributed by atoms with E-state index in [1.165, 1.54) is 83.5 Å². The summed E-state index contributed by atoms with van der Waals surface area (Å²) < 4.78 is 5.35. The van der Waals surface area contributed by atoms with Crippen molar-refractivity contribution >= 4 is 11.9 Å². The van der Waals surface area contributed by atoms with Crippen molar-refractivity contribution in [2.24, 2.45) is 5.92 Å². The van der Waals surface area contributed by atoms with Crippen LogP contribution in [-0.2, 0) is 9.59 Å². The molecule has 1 N–H and O–H groups in total. The minimum Gasteiger partial charge on any atom is -0.481 e. The van der Waals surface area contributed by atoms with Gasteiger partial charge in [-0.15, -0.1) is 0 Å². The van der Waals surface area contributed by atoms with Crippen LogP contribution >= 0.6 is 0 Å². The predicted molar refractivity (Wildman–Crippen MR) is 132 cm³/mol. The summed E-state index contributed by atoms with van der Waals surface area (Å²) in [7, 11) is 0. The van der Waals surface area contributed by atoms with Crippen LogP contribution in [0.4, 0.5) is 0 Å². The Morgan fingerprint density at radius 2 is 1.16 bits per heavy atom. The molecule has 32 heavy (non-hydrogen) atoms. The fourth-order valence-corrected chi connectivity index (χ4v) is 4.14. The van der Waals surface area contributed by atoms with E-state index in [1.807, 2.05) is 6.07 Å². The van der Waals surface area contributed by atoms with Crippen molar-refractivity contribution in [2.75, 3.05) is 0 Å². The van der Waals surface area contributed by atoms with Gasteiger partial charge >= 0.3 is 11.9 Å². The first kappa shape index (κ1) is 28.2. The van der Waals surface area contributed by atoms with E-state index in [0.29, 0.717) is 12.2 Å². The van der Waals surface area contributed by atoms with Crippen LogP contribution in [0, 0.1) is 5.92 Å². The van der Waals surface area contributed by atoms with Gasteiger partial charge in [0.15, 0.2) is 0 Å². The van der Waals surface area contributed by atoms with Gasteiger partial charge in [-0.2, -0.15) is 0 Å². The van der Waals surface area contributed by atoms with Crippen molar-refractivity contribution in [1.29, 1.82) is 0 Å². The lowest BCUT2D eigenvalue weighted by molar-refractivity contribution is -0.146. The first-order valence-corrected chi connectivity index (χ1v) is 13.1. The third kappa shape index (κ3) is 15.9. The molecule has 0 aromatic heterocycles. The van der Waals surface area contributed by atoms with Crippen LogP contribution < -0.4 is 4.74 Å². The molecule has 0 heterocycles. The Morgan fingerprint density at radius 3 is 1.59 bits per heavy atom. The van der Waals surface area contributed by atoms with Gasteiger partial charge in [-0.1, -0.05) is 128 Å². The molecule has 0 bridgehead atoms. The molecule has 1 rings (SSSR count). The third-order valence-corrected chi connectivity index (χ3v) is 6.12. The first-order valence-electron chi connectivity index (χ1n) is 13.1. The standard InChI is InChI=1S/C28H46O4/c1-2-3-4-5-6-7-8-9-10-11-12-13-14-15-16-18-21-25(24-27(29)30)28(31)32-26-22-19-17-20-23-26/h17,19-20,22-23,25H,2-16,18,21,24H2,1H3,(H,29,30). The molecule has 4 heteroatoms. The van der Waals surface area contributed by atoms with Crippen molar-refractivity contribution < 1.29 is 19.4 Å². The fraction of sp³-hybridized carbons (Fsp3) is 0.714. The number of unbranched alkanes of at least 4 members (excludes halogenated alkanes) is 15. The van der Waals surface area contributed by atoms with Gasteiger partial charge in [0.2, 0.25) is 0 Å². The molecule has 0 fully saturated rings. The molecule has 182 valence electrons. The summed E-state index contributed by atoms with van der Waals surface area (Å²) in [4.78, 5) is 23.5. The summed E-state index contributed by atoms with van der Waals surface area (Å²) in [5.74, 6) is -1.48. The topological polar surface area (TPSA) is 63.6 Å². The number of aliphatic carboxylic acids is 1. The summed E-state index contributed by atoms with van der Waals surface area (Å²) in [5, 5.41) is 9.13. The number of para-hydroxylation sites is 1. The number of carbonyl (C=O) groups excluding carboxylic acids is 1. The van der Waals surface area contributed by atoms with Crippen LogP contribution in [0.25, 0.3) is 0 Å². The zero-order valence-corrected chi connectivity index (χ0v) is 20.4.